The van der Waals surface area contributed by atoms with E-state index in [2.05, 4.69) is 20.0 Å². The van der Waals surface area contributed by atoms with E-state index < -0.39 is 10.0 Å². The van der Waals surface area contributed by atoms with Gasteiger partial charge in [-0.3, -0.25) is 14.8 Å². The summed E-state index contributed by atoms with van der Waals surface area (Å²) in [6, 6.07) is 8.40. The molecule has 0 saturated carbocycles. The molecule has 0 saturated heterocycles. The van der Waals surface area contributed by atoms with Gasteiger partial charge in [-0.25, -0.2) is 13.4 Å². The van der Waals surface area contributed by atoms with Crippen LogP contribution in [0.3, 0.4) is 0 Å². The van der Waals surface area contributed by atoms with Crippen LogP contribution in [0.25, 0.3) is 10.2 Å². The minimum Gasteiger partial charge on any atom is -0.357 e. The second-order valence-electron chi connectivity index (χ2n) is 4.61. The molecule has 0 aliphatic heterocycles. The van der Waals surface area contributed by atoms with E-state index in [0.29, 0.717) is 22.0 Å². The first kappa shape index (κ1) is 14.5. The quantitative estimate of drug-likeness (QED) is 0.679. The van der Waals surface area contributed by atoms with E-state index in [1.807, 2.05) is 0 Å². The Morgan fingerprint density at radius 3 is 2.82 bits per heavy atom. The van der Waals surface area contributed by atoms with Crippen molar-refractivity contribution in [2.45, 2.75) is 0 Å². The van der Waals surface area contributed by atoms with E-state index in [-0.39, 0.29) is 5.91 Å². The normalized spacial score (nSPS) is 11.5. The standard InChI is InChI=1S/C13H12N4O3S2/c1-22(19,20)17-8-4-5-9-11(7-8)21-13(15-9)16-12(18)10-3-2-6-14-10/h2-7,14,17H,1H3,(H,15,16,18). The van der Waals surface area contributed by atoms with Gasteiger partial charge in [0.25, 0.3) is 5.91 Å². The topological polar surface area (TPSA) is 104 Å². The summed E-state index contributed by atoms with van der Waals surface area (Å²) in [6.45, 7) is 0. The van der Waals surface area contributed by atoms with Crippen molar-refractivity contribution in [1.82, 2.24) is 9.97 Å². The molecule has 0 atom stereocenters. The summed E-state index contributed by atoms with van der Waals surface area (Å²) in [5.41, 5.74) is 1.59. The molecule has 3 rings (SSSR count). The third kappa shape index (κ3) is 3.26. The van der Waals surface area contributed by atoms with Crippen molar-refractivity contribution in [1.29, 1.82) is 0 Å². The molecule has 2 aromatic heterocycles. The molecule has 0 aliphatic carbocycles. The number of nitrogens with zero attached hydrogens (tertiary/aromatic N) is 1. The maximum absolute atomic E-state index is 11.9. The van der Waals surface area contributed by atoms with E-state index in [9.17, 15) is 13.2 Å². The zero-order chi connectivity index (χ0) is 15.7. The van der Waals surface area contributed by atoms with Crippen LogP contribution in [0.15, 0.2) is 36.5 Å². The Morgan fingerprint density at radius 1 is 1.32 bits per heavy atom. The number of benzene rings is 1. The van der Waals surface area contributed by atoms with Crippen LogP contribution in [-0.4, -0.2) is 30.5 Å². The monoisotopic (exact) mass is 336 g/mol. The molecule has 0 fully saturated rings. The third-order valence-electron chi connectivity index (χ3n) is 2.75. The second-order valence-corrected chi connectivity index (χ2v) is 7.39. The van der Waals surface area contributed by atoms with Gasteiger partial charge >= 0.3 is 0 Å². The minimum atomic E-state index is -3.33. The van der Waals surface area contributed by atoms with Crippen LogP contribution in [-0.2, 0) is 10.0 Å². The van der Waals surface area contributed by atoms with Gasteiger partial charge in [0.05, 0.1) is 22.2 Å². The molecule has 7 nitrogen and oxygen atoms in total. The number of amides is 1. The largest absolute Gasteiger partial charge is 0.357 e. The Kier molecular flexibility index (Phi) is 3.59. The number of rotatable bonds is 4. The Balaban J connectivity index is 1.85. The van der Waals surface area contributed by atoms with Crippen LogP contribution in [0.2, 0.25) is 0 Å². The molecule has 0 unspecified atom stereocenters. The molecule has 3 aromatic rings. The van der Waals surface area contributed by atoms with E-state index in [1.165, 1.54) is 11.3 Å². The number of nitrogens with one attached hydrogen (secondary N) is 3. The van der Waals surface area contributed by atoms with Gasteiger partial charge in [0.1, 0.15) is 5.69 Å². The number of carbonyl (C=O) groups excluding carboxylic acids is 1. The molecule has 9 heteroatoms. The molecule has 0 radical (unpaired) electrons. The predicted octanol–water partition coefficient (Wildman–Crippen LogP) is 2.25. The first-order valence-corrected chi connectivity index (χ1v) is 8.95. The molecule has 3 N–H and O–H groups in total. The van der Waals surface area contributed by atoms with Crippen molar-refractivity contribution < 1.29 is 13.2 Å². The smallest absolute Gasteiger partial charge is 0.273 e. The van der Waals surface area contributed by atoms with Crippen LogP contribution < -0.4 is 10.0 Å². The lowest BCUT2D eigenvalue weighted by Gasteiger charge is -2.02. The molecular weight excluding hydrogens is 324 g/mol. The molecule has 0 spiro atoms. The van der Waals surface area contributed by atoms with E-state index in [4.69, 9.17) is 0 Å². The molecule has 2 heterocycles. The average molecular weight is 336 g/mol. The van der Waals surface area contributed by atoms with Crippen LogP contribution in [0.1, 0.15) is 10.5 Å². The molecule has 114 valence electrons. The third-order valence-corrected chi connectivity index (χ3v) is 4.29. The van der Waals surface area contributed by atoms with Gasteiger partial charge in [0, 0.05) is 6.20 Å². The van der Waals surface area contributed by atoms with Crippen LogP contribution in [0.5, 0.6) is 0 Å². The molecule has 1 amide bonds. The summed E-state index contributed by atoms with van der Waals surface area (Å²) in [5.74, 6) is -0.279. The van der Waals surface area contributed by atoms with E-state index in [1.54, 1.807) is 36.5 Å². The summed E-state index contributed by atoms with van der Waals surface area (Å²) < 4.78 is 25.6. The number of anilines is 2. The highest BCUT2D eigenvalue weighted by Gasteiger charge is 2.11. The summed E-state index contributed by atoms with van der Waals surface area (Å²) in [4.78, 5) is 19.0. The maximum atomic E-state index is 11.9. The maximum Gasteiger partial charge on any atom is 0.273 e. The van der Waals surface area contributed by atoms with Gasteiger partial charge in [-0.05, 0) is 30.3 Å². The number of sulfonamides is 1. The average Bonchev–Trinajstić information content (AvgIpc) is 3.04. The predicted molar refractivity (Wildman–Crippen MR) is 86.8 cm³/mol. The number of aromatic amines is 1. The van der Waals surface area contributed by atoms with Gasteiger partial charge in [0.15, 0.2) is 5.13 Å². The summed E-state index contributed by atoms with van der Waals surface area (Å²) in [6.07, 6.45) is 2.75. The molecule has 0 bridgehead atoms. The summed E-state index contributed by atoms with van der Waals surface area (Å²) in [7, 11) is -3.33. The highest BCUT2D eigenvalue weighted by atomic mass is 32.2. The number of H-pyrrole nitrogens is 1. The zero-order valence-electron chi connectivity index (χ0n) is 11.5. The van der Waals surface area contributed by atoms with Gasteiger partial charge < -0.3 is 4.98 Å². The van der Waals surface area contributed by atoms with Crippen LogP contribution >= 0.6 is 11.3 Å². The molecular formula is C13H12N4O3S2. The Morgan fingerprint density at radius 2 is 2.14 bits per heavy atom. The van der Waals surface area contributed by atoms with Gasteiger partial charge in [0.2, 0.25) is 10.0 Å². The molecule has 1 aromatic carbocycles. The summed E-state index contributed by atoms with van der Waals surface area (Å²) >= 11 is 1.27. The summed E-state index contributed by atoms with van der Waals surface area (Å²) in [5, 5.41) is 3.15. The van der Waals surface area contributed by atoms with Crippen molar-refractivity contribution in [3.8, 4) is 0 Å². The minimum absolute atomic E-state index is 0.279. The molecule has 22 heavy (non-hydrogen) atoms. The van der Waals surface area contributed by atoms with Crippen molar-refractivity contribution in [2.24, 2.45) is 0 Å². The Hall–Kier alpha value is -2.39. The fourth-order valence-corrected chi connectivity index (χ4v) is 3.35. The number of fused-ring (bicyclic) bond motifs is 1. The number of aromatic nitrogens is 2. The first-order chi connectivity index (χ1) is 10.4. The first-order valence-electron chi connectivity index (χ1n) is 6.24. The van der Waals surface area contributed by atoms with Crippen molar-refractivity contribution in [3.63, 3.8) is 0 Å². The van der Waals surface area contributed by atoms with Gasteiger partial charge in [-0.1, -0.05) is 11.3 Å². The lowest BCUT2D eigenvalue weighted by Crippen LogP contribution is -2.11. The zero-order valence-corrected chi connectivity index (χ0v) is 13.1. The lowest BCUT2D eigenvalue weighted by molar-refractivity contribution is 0.102. The van der Waals surface area contributed by atoms with Crippen molar-refractivity contribution in [3.05, 3.63) is 42.2 Å². The highest BCUT2D eigenvalue weighted by Crippen LogP contribution is 2.28. The SMILES string of the molecule is CS(=O)(=O)Nc1ccc2nc(NC(=O)c3ccc[nH]3)sc2c1. The Bertz CT molecular complexity index is 930. The fourth-order valence-electron chi connectivity index (χ4n) is 1.89. The van der Waals surface area contributed by atoms with Gasteiger partial charge in [-0.2, -0.15) is 0 Å². The van der Waals surface area contributed by atoms with Crippen LogP contribution in [0, 0.1) is 0 Å². The van der Waals surface area contributed by atoms with Crippen molar-refractivity contribution in [2.75, 3.05) is 16.3 Å². The number of carbonyl (C=O) groups is 1. The van der Waals surface area contributed by atoms with Crippen molar-refractivity contribution >= 4 is 48.3 Å². The number of hydrogen-bond acceptors (Lipinski definition) is 5. The second kappa shape index (κ2) is 5.43. The van der Waals surface area contributed by atoms with Crippen LogP contribution in [0.4, 0.5) is 10.8 Å². The molecule has 0 aliphatic rings. The van der Waals surface area contributed by atoms with E-state index >= 15 is 0 Å². The fraction of sp³-hybridized carbons (Fsp3) is 0.0769. The van der Waals surface area contributed by atoms with E-state index in [0.717, 1.165) is 11.0 Å². The number of thiazole rings is 1. The highest BCUT2D eigenvalue weighted by molar-refractivity contribution is 7.92. The number of hydrogen-bond donors (Lipinski definition) is 3. The van der Waals surface area contributed by atoms with Gasteiger partial charge in [-0.15, -0.1) is 0 Å². The Labute approximate surface area is 130 Å². The lowest BCUT2D eigenvalue weighted by atomic mass is 10.3.